The highest BCUT2D eigenvalue weighted by atomic mass is 35.5. The van der Waals surface area contributed by atoms with Crippen LogP contribution in [0.2, 0.25) is 5.02 Å². The number of primary sulfonamides is 1. The van der Waals surface area contributed by atoms with Crippen LogP contribution in [0.15, 0.2) is 83.8 Å². The lowest BCUT2D eigenvalue weighted by atomic mass is 10.1. The average molecular weight is 487 g/mol. The predicted octanol–water partition coefficient (Wildman–Crippen LogP) is 3.42. The molecule has 172 valence electrons. The summed E-state index contributed by atoms with van der Waals surface area (Å²) in [4.78, 5) is 26.7. The molecule has 0 aliphatic rings. The number of sulfonamides is 1. The Balaban J connectivity index is 1.70. The Labute approximate surface area is 197 Å². The van der Waals surface area contributed by atoms with Crippen molar-refractivity contribution in [2.75, 3.05) is 13.2 Å². The zero-order valence-electron chi connectivity index (χ0n) is 17.7. The third-order valence-corrected chi connectivity index (χ3v) is 6.14. The third kappa shape index (κ3) is 7.15. The molecule has 33 heavy (non-hydrogen) atoms. The van der Waals surface area contributed by atoms with E-state index in [1.165, 1.54) is 12.1 Å². The summed E-state index contributed by atoms with van der Waals surface area (Å²) in [5.41, 5.74) is 1.83. The van der Waals surface area contributed by atoms with Crippen molar-refractivity contribution in [1.82, 2.24) is 4.90 Å². The van der Waals surface area contributed by atoms with Gasteiger partial charge in [0.2, 0.25) is 10.0 Å². The van der Waals surface area contributed by atoms with Gasteiger partial charge in [-0.1, -0.05) is 72.3 Å². The first kappa shape index (κ1) is 24.4. The smallest absolute Gasteiger partial charge is 0.340 e. The molecule has 9 heteroatoms. The lowest BCUT2D eigenvalue weighted by Crippen LogP contribution is -2.36. The molecule has 0 heterocycles. The molecule has 0 spiro atoms. The zero-order chi connectivity index (χ0) is 23.8. The number of nitrogens with two attached hydrogens (primary N) is 1. The number of carbonyl (C=O) groups excluding carboxylic acids is 2. The first-order valence-corrected chi connectivity index (χ1v) is 12.0. The molecule has 0 atom stereocenters. The summed E-state index contributed by atoms with van der Waals surface area (Å²) in [6, 6.07) is 22.7. The second-order valence-corrected chi connectivity index (χ2v) is 9.27. The minimum atomic E-state index is -4.03. The van der Waals surface area contributed by atoms with Gasteiger partial charge in [-0.15, -0.1) is 0 Å². The van der Waals surface area contributed by atoms with E-state index in [4.69, 9.17) is 21.5 Å². The van der Waals surface area contributed by atoms with Crippen LogP contribution in [0, 0.1) is 0 Å². The van der Waals surface area contributed by atoms with E-state index in [1.807, 2.05) is 60.7 Å². The van der Waals surface area contributed by atoms with Gasteiger partial charge in [-0.05, 0) is 35.7 Å². The summed E-state index contributed by atoms with van der Waals surface area (Å²) in [7, 11) is -4.03. The van der Waals surface area contributed by atoms with Crippen LogP contribution in [0.25, 0.3) is 0 Å². The molecule has 7 nitrogen and oxygen atoms in total. The minimum Gasteiger partial charge on any atom is -0.452 e. The molecule has 0 fully saturated rings. The van der Waals surface area contributed by atoms with Gasteiger partial charge < -0.3 is 9.64 Å². The van der Waals surface area contributed by atoms with Gasteiger partial charge in [0.05, 0.1) is 15.5 Å². The molecule has 3 rings (SSSR count). The number of carbonyl (C=O) groups is 2. The van der Waals surface area contributed by atoms with Crippen molar-refractivity contribution < 1.29 is 22.7 Å². The molecule has 3 aromatic carbocycles. The molecule has 0 aromatic heterocycles. The lowest BCUT2D eigenvalue weighted by Gasteiger charge is -2.23. The fourth-order valence-corrected chi connectivity index (χ4v) is 3.87. The van der Waals surface area contributed by atoms with E-state index < -0.39 is 22.6 Å². The quantitative estimate of drug-likeness (QED) is 0.466. The Morgan fingerprint density at radius 2 is 1.52 bits per heavy atom. The van der Waals surface area contributed by atoms with Gasteiger partial charge in [0.15, 0.2) is 6.61 Å². The third-order valence-electron chi connectivity index (χ3n) is 4.90. The van der Waals surface area contributed by atoms with Crippen molar-refractivity contribution in [2.24, 2.45) is 5.14 Å². The first-order valence-electron chi connectivity index (χ1n) is 10.1. The van der Waals surface area contributed by atoms with E-state index in [-0.39, 0.29) is 21.4 Å². The maximum absolute atomic E-state index is 12.9. The van der Waals surface area contributed by atoms with Crippen molar-refractivity contribution >= 4 is 33.5 Å². The van der Waals surface area contributed by atoms with Gasteiger partial charge in [0, 0.05) is 13.1 Å². The fraction of sp³-hybridized carbons (Fsp3) is 0.167. The highest BCUT2D eigenvalue weighted by molar-refractivity contribution is 7.89. The molecular weight excluding hydrogens is 464 g/mol. The number of hydrogen-bond acceptors (Lipinski definition) is 5. The van der Waals surface area contributed by atoms with Crippen molar-refractivity contribution in [2.45, 2.75) is 17.9 Å². The maximum atomic E-state index is 12.9. The van der Waals surface area contributed by atoms with Gasteiger partial charge in [-0.2, -0.15) is 0 Å². The predicted molar refractivity (Wildman–Crippen MR) is 125 cm³/mol. The fourth-order valence-electron chi connectivity index (χ4n) is 3.14. The van der Waals surface area contributed by atoms with Crippen molar-refractivity contribution in [3.05, 3.63) is 101 Å². The molecular formula is C24H23ClN2O5S. The summed E-state index contributed by atoms with van der Waals surface area (Å²) in [5, 5.41) is 5.10. The Morgan fingerprint density at radius 3 is 2.12 bits per heavy atom. The minimum absolute atomic E-state index is 0.00920. The summed E-state index contributed by atoms with van der Waals surface area (Å²) >= 11 is 6.01. The molecule has 2 N–H and O–H groups in total. The summed E-state index contributed by atoms with van der Waals surface area (Å²) < 4.78 is 28.3. The topological polar surface area (TPSA) is 107 Å². The van der Waals surface area contributed by atoms with E-state index in [0.29, 0.717) is 19.5 Å². The number of amides is 1. The maximum Gasteiger partial charge on any atom is 0.340 e. The molecule has 0 saturated carbocycles. The van der Waals surface area contributed by atoms with Gasteiger partial charge >= 0.3 is 5.97 Å². The number of hydrogen-bond donors (Lipinski definition) is 1. The standard InChI is InChI=1S/C24H23ClN2O5S/c25-22-12-11-20(33(26,30)31)15-21(22)24(29)32-17-23(28)27(16-19-9-5-2-6-10-19)14-13-18-7-3-1-4-8-18/h1-12,15H,13-14,16-17H2,(H2,26,30,31). The van der Waals surface area contributed by atoms with Crippen molar-refractivity contribution in [1.29, 1.82) is 0 Å². The van der Waals surface area contributed by atoms with Gasteiger partial charge in [0.25, 0.3) is 5.91 Å². The van der Waals surface area contributed by atoms with Crippen LogP contribution >= 0.6 is 11.6 Å². The van der Waals surface area contributed by atoms with Crippen molar-refractivity contribution in [3.8, 4) is 0 Å². The highest BCUT2D eigenvalue weighted by Gasteiger charge is 2.20. The Bertz CT molecular complexity index is 1220. The second kappa shape index (κ2) is 11.1. The molecule has 0 unspecified atom stereocenters. The number of ether oxygens (including phenoxy) is 1. The van der Waals surface area contributed by atoms with E-state index in [9.17, 15) is 18.0 Å². The average Bonchev–Trinajstić information content (AvgIpc) is 2.80. The van der Waals surface area contributed by atoms with Crippen LogP contribution in [0.1, 0.15) is 21.5 Å². The number of rotatable bonds is 9. The monoisotopic (exact) mass is 486 g/mol. The molecule has 0 radical (unpaired) electrons. The van der Waals surface area contributed by atoms with Crippen molar-refractivity contribution in [3.63, 3.8) is 0 Å². The molecule has 0 saturated heterocycles. The van der Waals surface area contributed by atoms with Crippen LogP contribution in [0.5, 0.6) is 0 Å². The summed E-state index contributed by atoms with van der Waals surface area (Å²) in [5.74, 6) is -1.30. The summed E-state index contributed by atoms with van der Waals surface area (Å²) in [6.45, 7) is 0.263. The second-order valence-electron chi connectivity index (χ2n) is 7.30. The van der Waals surface area contributed by atoms with Crippen LogP contribution in [-0.4, -0.2) is 38.3 Å². The number of esters is 1. The summed E-state index contributed by atoms with van der Waals surface area (Å²) in [6.07, 6.45) is 0.635. The van der Waals surface area contributed by atoms with Crippen LogP contribution in [0.4, 0.5) is 0 Å². The Hall–Kier alpha value is -3.20. The van der Waals surface area contributed by atoms with E-state index in [0.717, 1.165) is 17.2 Å². The normalized spacial score (nSPS) is 11.1. The Morgan fingerprint density at radius 1 is 0.909 bits per heavy atom. The highest BCUT2D eigenvalue weighted by Crippen LogP contribution is 2.21. The number of halogens is 1. The van der Waals surface area contributed by atoms with Gasteiger partial charge in [-0.25, -0.2) is 18.4 Å². The van der Waals surface area contributed by atoms with Crippen LogP contribution in [0.3, 0.4) is 0 Å². The van der Waals surface area contributed by atoms with Gasteiger partial charge in [0.1, 0.15) is 0 Å². The zero-order valence-corrected chi connectivity index (χ0v) is 19.3. The SMILES string of the molecule is NS(=O)(=O)c1ccc(Cl)c(C(=O)OCC(=O)N(CCc2ccccc2)Cc2ccccc2)c1. The molecule has 0 bridgehead atoms. The largest absolute Gasteiger partial charge is 0.452 e. The molecule has 0 aliphatic carbocycles. The first-order chi connectivity index (χ1) is 15.7. The lowest BCUT2D eigenvalue weighted by molar-refractivity contribution is -0.135. The number of benzene rings is 3. The Kier molecular flexibility index (Phi) is 8.21. The van der Waals surface area contributed by atoms with E-state index in [1.54, 1.807) is 4.90 Å². The van der Waals surface area contributed by atoms with Crippen LogP contribution < -0.4 is 5.14 Å². The molecule has 1 amide bonds. The van der Waals surface area contributed by atoms with Crippen LogP contribution in [-0.2, 0) is 32.5 Å². The van der Waals surface area contributed by atoms with E-state index >= 15 is 0 Å². The van der Waals surface area contributed by atoms with E-state index in [2.05, 4.69) is 0 Å². The molecule has 0 aliphatic heterocycles. The molecule has 3 aromatic rings. The van der Waals surface area contributed by atoms with Gasteiger partial charge in [-0.3, -0.25) is 4.79 Å². The number of nitrogens with zero attached hydrogens (tertiary/aromatic N) is 1.